The summed E-state index contributed by atoms with van der Waals surface area (Å²) in [5.74, 6) is -0.972. The topological polar surface area (TPSA) is 63.8 Å². The lowest BCUT2D eigenvalue weighted by molar-refractivity contribution is 0.574. The highest BCUT2D eigenvalue weighted by Gasteiger charge is 2.05. The van der Waals surface area contributed by atoms with E-state index in [1.54, 1.807) is 6.07 Å². The van der Waals surface area contributed by atoms with Crippen LogP contribution in [0.2, 0.25) is 0 Å². The quantitative estimate of drug-likeness (QED) is 0.839. The molecular formula is C12H10F2N4S. The van der Waals surface area contributed by atoms with E-state index < -0.39 is 11.6 Å². The minimum atomic E-state index is -0.627. The third-order valence-corrected chi connectivity index (χ3v) is 2.57. The average Bonchev–Trinajstić information content (AvgIpc) is 2.38. The Hall–Kier alpha value is -2.15. The number of benzene rings is 1. The van der Waals surface area contributed by atoms with E-state index in [9.17, 15) is 8.78 Å². The molecule has 0 atom stereocenters. The van der Waals surface area contributed by atoms with Crippen LogP contribution in [0.5, 0.6) is 0 Å². The number of rotatable bonds is 4. The molecule has 1 aromatic carbocycles. The van der Waals surface area contributed by atoms with Crippen LogP contribution in [-0.4, -0.2) is 15.0 Å². The standard InChI is InChI=1S/C12H10F2N4S/c13-8-2-1-7(9(14)5-8)6-17-12-16-4-3-10(18-12)11(15)19/h1-5H,6H2,(H2,15,19)(H,16,17,18). The molecule has 2 aromatic rings. The highest BCUT2D eigenvalue weighted by molar-refractivity contribution is 7.80. The number of hydrogen-bond donors (Lipinski definition) is 2. The van der Waals surface area contributed by atoms with Crippen LogP contribution in [0.25, 0.3) is 0 Å². The van der Waals surface area contributed by atoms with Gasteiger partial charge in [0.15, 0.2) is 0 Å². The number of hydrogen-bond acceptors (Lipinski definition) is 4. The van der Waals surface area contributed by atoms with Gasteiger partial charge in [0.05, 0.1) is 0 Å². The third kappa shape index (κ3) is 3.41. The van der Waals surface area contributed by atoms with Crippen molar-refractivity contribution < 1.29 is 8.78 Å². The van der Waals surface area contributed by atoms with E-state index >= 15 is 0 Å². The summed E-state index contributed by atoms with van der Waals surface area (Å²) in [6.07, 6.45) is 1.49. The molecule has 0 aliphatic heterocycles. The van der Waals surface area contributed by atoms with Crippen molar-refractivity contribution in [2.45, 2.75) is 6.54 Å². The van der Waals surface area contributed by atoms with Gasteiger partial charge in [0.2, 0.25) is 5.95 Å². The van der Waals surface area contributed by atoms with Crippen molar-refractivity contribution in [3.63, 3.8) is 0 Å². The monoisotopic (exact) mass is 280 g/mol. The Morgan fingerprint density at radius 1 is 1.32 bits per heavy atom. The SMILES string of the molecule is NC(=S)c1ccnc(NCc2ccc(F)cc2F)n1. The maximum absolute atomic E-state index is 13.4. The fraction of sp³-hybridized carbons (Fsp3) is 0.0833. The van der Waals surface area contributed by atoms with E-state index in [-0.39, 0.29) is 17.5 Å². The van der Waals surface area contributed by atoms with E-state index in [0.29, 0.717) is 11.3 Å². The first-order valence-corrected chi connectivity index (χ1v) is 5.78. The molecule has 0 radical (unpaired) electrons. The van der Waals surface area contributed by atoms with Gasteiger partial charge in [-0.2, -0.15) is 0 Å². The van der Waals surface area contributed by atoms with Gasteiger partial charge >= 0.3 is 0 Å². The maximum Gasteiger partial charge on any atom is 0.223 e. The van der Waals surface area contributed by atoms with Gasteiger partial charge in [-0.15, -0.1) is 0 Å². The molecule has 2 rings (SSSR count). The molecule has 0 saturated heterocycles. The van der Waals surface area contributed by atoms with Crippen LogP contribution >= 0.6 is 12.2 Å². The molecule has 0 saturated carbocycles. The summed E-state index contributed by atoms with van der Waals surface area (Å²) in [4.78, 5) is 8.15. The van der Waals surface area contributed by atoms with Crippen LogP contribution in [0.4, 0.5) is 14.7 Å². The molecule has 4 nitrogen and oxygen atoms in total. The minimum absolute atomic E-state index is 0.132. The highest BCUT2D eigenvalue weighted by atomic mass is 32.1. The zero-order valence-corrected chi connectivity index (χ0v) is 10.5. The summed E-state index contributed by atoms with van der Waals surface area (Å²) in [6.45, 7) is 0.132. The lowest BCUT2D eigenvalue weighted by Gasteiger charge is -2.07. The van der Waals surface area contributed by atoms with E-state index in [1.165, 1.54) is 18.3 Å². The summed E-state index contributed by atoms with van der Waals surface area (Å²) in [7, 11) is 0. The van der Waals surface area contributed by atoms with Crippen molar-refractivity contribution in [2.75, 3.05) is 5.32 Å². The summed E-state index contributed by atoms with van der Waals surface area (Å²) in [5.41, 5.74) is 6.18. The van der Waals surface area contributed by atoms with Crippen LogP contribution < -0.4 is 11.1 Å². The third-order valence-electron chi connectivity index (χ3n) is 2.36. The Labute approximate surface area is 113 Å². The van der Waals surface area contributed by atoms with Crippen LogP contribution in [0.15, 0.2) is 30.5 Å². The molecule has 98 valence electrons. The van der Waals surface area contributed by atoms with Gasteiger partial charge in [0.25, 0.3) is 0 Å². The molecule has 0 amide bonds. The Kier molecular flexibility index (Phi) is 3.96. The van der Waals surface area contributed by atoms with Gasteiger partial charge in [0, 0.05) is 24.4 Å². The van der Waals surface area contributed by atoms with Crippen molar-refractivity contribution >= 4 is 23.2 Å². The van der Waals surface area contributed by atoms with Crippen LogP contribution in [0.1, 0.15) is 11.3 Å². The van der Waals surface area contributed by atoms with E-state index in [1.807, 2.05) is 0 Å². The first-order valence-electron chi connectivity index (χ1n) is 5.37. The largest absolute Gasteiger partial charge is 0.388 e. The van der Waals surface area contributed by atoms with Crippen LogP contribution in [0, 0.1) is 11.6 Å². The number of nitrogens with zero attached hydrogens (tertiary/aromatic N) is 2. The normalized spacial score (nSPS) is 10.2. The van der Waals surface area contributed by atoms with E-state index in [0.717, 1.165) is 6.07 Å². The Bertz CT molecular complexity index is 618. The molecule has 0 spiro atoms. The Morgan fingerprint density at radius 3 is 2.79 bits per heavy atom. The lowest BCUT2D eigenvalue weighted by atomic mass is 10.2. The highest BCUT2D eigenvalue weighted by Crippen LogP contribution is 2.11. The van der Waals surface area contributed by atoms with Gasteiger partial charge in [0.1, 0.15) is 22.3 Å². The van der Waals surface area contributed by atoms with Crippen molar-refractivity contribution in [2.24, 2.45) is 5.73 Å². The van der Waals surface area contributed by atoms with Gasteiger partial charge in [-0.1, -0.05) is 18.3 Å². The summed E-state index contributed by atoms with van der Waals surface area (Å²) in [6, 6.07) is 4.94. The number of halogens is 2. The number of nitrogens with two attached hydrogens (primary N) is 1. The molecule has 0 aliphatic carbocycles. The van der Waals surface area contributed by atoms with Gasteiger partial charge in [-0.3, -0.25) is 0 Å². The molecule has 0 aliphatic rings. The van der Waals surface area contributed by atoms with Gasteiger partial charge < -0.3 is 11.1 Å². The van der Waals surface area contributed by atoms with Crippen molar-refractivity contribution in [3.8, 4) is 0 Å². The second kappa shape index (κ2) is 5.66. The number of nitrogens with one attached hydrogen (secondary N) is 1. The maximum atomic E-state index is 13.4. The Balaban J connectivity index is 2.10. The average molecular weight is 280 g/mol. The second-order valence-electron chi connectivity index (χ2n) is 3.72. The molecule has 19 heavy (non-hydrogen) atoms. The molecule has 1 aromatic heterocycles. The fourth-order valence-corrected chi connectivity index (χ4v) is 1.53. The van der Waals surface area contributed by atoms with Crippen molar-refractivity contribution in [1.29, 1.82) is 0 Å². The van der Waals surface area contributed by atoms with Crippen LogP contribution in [-0.2, 0) is 6.54 Å². The molecular weight excluding hydrogens is 270 g/mol. The molecule has 0 unspecified atom stereocenters. The number of anilines is 1. The predicted molar refractivity (Wildman–Crippen MR) is 71.6 cm³/mol. The second-order valence-corrected chi connectivity index (χ2v) is 4.16. The Morgan fingerprint density at radius 2 is 2.11 bits per heavy atom. The summed E-state index contributed by atoms with van der Waals surface area (Å²) < 4.78 is 26.1. The van der Waals surface area contributed by atoms with Crippen molar-refractivity contribution in [3.05, 3.63) is 53.4 Å². The molecule has 0 fully saturated rings. The van der Waals surface area contributed by atoms with E-state index in [4.69, 9.17) is 18.0 Å². The van der Waals surface area contributed by atoms with E-state index in [2.05, 4.69) is 15.3 Å². The number of thiocarbonyl (C=S) groups is 1. The lowest BCUT2D eigenvalue weighted by Crippen LogP contribution is -2.14. The first kappa shape index (κ1) is 13.3. The predicted octanol–water partition coefficient (Wildman–Crippen LogP) is 2.00. The van der Waals surface area contributed by atoms with Gasteiger partial charge in [-0.05, 0) is 12.1 Å². The zero-order chi connectivity index (χ0) is 13.8. The molecule has 7 heteroatoms. The summed E-state index contributed by atoms with van der Waals surface area (Å²) in [5, 5.41) is 2.82. The summed E-state index contributed by atoms with van der Waals surface area (Å²) >= 11 is 4.79. The molecule has 1 heterocycles. The van der Waals surface area contributed by atoms with Crippen molar-refractivity contribution in [1.82, 2.24) is 9.97 Å². The van der Waals surface area contributed by atoms with Gasteiger partial charge in [-0.25, -0.2) is 18.7 Å². The smallest absolute Gasteiger partial charge is 0.223 e. The minimum Gasteiger partial charge on any atom is -0.388 e. The van der Waals surface area contributed by atoms with Crippen LogP contribution in [0.3, 0.4) is 0 Å². The fourth-order valence-electron chi connectivity index (χ4n) is 1.42. The first-order chi connectivity index (χ1) is 9.06. The number of aromatic nitrogens is 2. The zero-order valence-electron chi connectivity index (χ0n) is 9.73. The molecule has 0 bridgehead atoms. The molecule has 3 N–H and O–H groups in total.